The van der Waals surface area contributed by atoms with E-state index in [0.717, 1.165) is 36.2 Å². The van der Waals surface area contributed by atoms with E-state index in [1.165, 1.54) is 12.1 Å². The van der Waals surface area contributed by atoms with Crippen molar-refractivity contribution in [3.05, 3.63) is 59.4 Å². The number of hydrogen-bond donors (Lipinski definition) is 1. The largest absolute Gasteiger partial charge is 0.573 e. The Morgan fingerprint density at radius 3 is 2.44 bits per heavy atom. The predicted octanol–water partition coefficient (Wildman–Crippen LogP) is 7.17. The number of benzene rings is 2. The highest BCUT2D eigenvalue weighted by molar-refractivity contribution is 5.92. The van der Waals surface area contributed by atoms with Crippen LogP contribution in [0.2, 0.25) is 0 Å². The predicted molar refractivity (Wildman–Crippen MR) is 123 cm³/mol. The van der Waals surface area contributed by atoms with Gasteiger partial charge in [-0.05, 0) is 66.5 Å². The standard InChI is InChI=1S/C26H29F3N2O3/c1-15-11-19(14-25(3,4)13-15)31-22-10-7-18(24(32)33)12-21(22)30-23(31)16(2)17-5-8-20(9-6-17)34-26(27,28)29/h5-10,12,15-16,19H,11,13-14H2,1-4H3,(H,32,33)/t15-,16+,19+/m1/s1. The smallest absolute Gasteiger partial charge is 0.478 e. The summed E-state index contributed by atoms with van der Waals surface area (Å²) in [5.74, 6) is -0.214. The maximum atomic E-state index is 12.5. The summed E-state index contributed by atoms with van der Waals surface area (Å²) in [7, 11) is 0. The molecule has 1 aromatic heterocycles. The number of carboxylic acids is 1. The number of hydrogen-bond acceptors (Lipinski definition) is 3. The first-order valence-electron chi connectivity index (χ1n) is 11.4. The molecule has 0 amide bonds. The van der Waals surface area contributed by atoms with E-state index in [1.807, 2.05) is 13.0 Å². The maximum Gasteiger partial charge on any atom is 0.573 e. The first-order chi connectivity index (χ1) is 15.8. The number of nitrogens with zero attached hydrogens (tertiary/aromatic N) is 2. The fourth-order valence-corrected chi connectivity index (χ4v) is 5.54. The molecule has 4 rings (SSSR count). The molecular formula is C26H29F3N2O3. The van der Waals surface area contributed by atoms with Crippen molar-refractivity contribution in [3.63, 3.8) is 0 Å². The third kappa shape index (κ3) is 5.05. The van der Waals surface area contributed by atoms with Crippen LogP contribution in [0.4, 0.5) is 13.2 Å². The molecular weight excluding hydrogens is 445 g/mol. The molecule has 1 fully saturated rings. The molecule has 182 valence electrons. The lowest BCUT2D eigenvalue weighted by molar-refractivity contribution is -0.274. The lowest BCUT2D eigenvalue weighted by atomic mass is 9.70. The van der Waals surface area contributed by atoms with Crippen molar-refractivity contribution >= 4 is 17.0 Å². The number of carbonyl (C=O) groups is 1. The second kappa shape index (κ2) is 8.64. The van der Waals surface area contributed by atoms with Gasteiger partial charge in [0.1, 0.15) is 11.6 Å². The maximum absolute atomic E-state index is 12.5. The minimum atomic E-state index is -4.74. The molecule has 1 saturated carbocycles. The summed E-state index contributed by atoms with van der Waals surface area (Å²) in [4.78, 5) is 16.4. The van der Waals surface area contributed by atoms with E-state index < -0.39 is 12.3 Å². The van der Waals surface area contributed by atoms with Crippen molar-refractivity contribution in [2.24, 2.45) is 11.3 Å². The van der Waals surface area contributed by atoms with Crippen molar-refractivity contribution < 1.29 is 27.8 Å². The fraction of sp³-hybridized carbons (Fsp3) is 0.462. The van der Waals surface area contributed by atoms with Crippen LogP contribution >= 0.6 is 0 Å². The molecule has 5 nitrogen and oxygen atoms in total. The van der Waals surface area contributed by atoms with E-state index in [9.17, 15) is 23.1 Å². The summed E-state index contributed by atoms with van der Waals surface area (Å²) < 4.78 is 43.9. The number of aromatic nitrogens is 2. The van der Waals surface area contributed by atoms with Crippen molar-refractivity contribution in [2.75, 3.05) is 0 Å². The lowest BCUT2D eigenvalue weighted by Gasteiger charge is -2.40. The molecule has 1 N–H and O–H groups in total. The van der Waals surface area contributed by atoms with E-state index in [-0.39, 0.29) is 28.7 Å². The average molecular weight is 475 g/mol. The number of alkyl halides is 3. The highest BCUT2D eigenvalue weighted by atomic mass is 19.4. The first-order valence-corrected chi connectivity index (χ1v) is 11.4. The van der Waals surface area contributed by atoms with Gasteiger partial charge in [0.15, 0.2) is 0 Å². The number of ether oxygens (including phenoxy) is 1. The van der Waals surface area contributed by atoms with Crippen molar-refractivity contribution in [2.45, 2.75) is 65.3 Å². The molecule has 8 heteroatoms. The van der Waals surface area contributed by atoms with Gasteiger partial charge in [0.05, 0.1) is 16.6 Å². The highest BCUT2D eigenvalue weighted by Crippen LogP contribution is 2.46. The fourth-order valence-electron chi connectivity index (χ4n) is 5.54. The van der Waals surface area contributed by atoms with E-state index in [4.69, 9.17) is 4.98 Å². The average Bonchev–Trinajstić information content (AvgIpc) is 3.10. The van der Waals surface area contributed by atoms with Gasteiger partial charge in [-0.15, -0.1) is 13.2 Å². The summed E-state index contributed by atoms with van der Waals surface area (Å²) in [6, 6.07) is 11.0. The van der Waals surface area contributed by atoms with Gasteiger partial charge >= 0.3 is 12.3 Å². The SMILES string of the molecule is C[C@@H]1C[C@H](n2c([C@@H](C)c3ccc(OC(F)(F)F)cc3)nc3cc(C(=O)O)ccc32)CC(C)(C)C1. The quantitative estimate of drug-likeness (QED) is 0.426. The molecule has 0 aliphatic heterocycles. The Morgan fingerprint density at radius 1 is 1.18 bits per heavy atom. The number of aromatic carboxylic acids is 1. The Morgan fingerprint density at radius 2 is 1.85 bits per heavy atom. The zero-order valence-corrected chi connectivity index (χ0v) is 19.7. The van der Waals surface area contributed by atoms with Crippen LogP contribution < -0.4 is 4.74 Å². The van der Waals surface area contributed by atoms with Crippen LogP contribution in [0.1, 0.15) is 80.7 Å². The Hall–Kier alpha value is -3.03. The number of imidazole rings is 1. The summed E-state index contributed by atoms with van der Waals surface area (Å²) >= 11 is 0. The molecule has 0 spiro atoms. The molecule has 1 aliphatic carbocycles. The van der Waals surface area contributed by atoms with Crippen LogP contribution in [0.15, 0.2) is 42.5 Å². The summed E-state index contributed by atoms with van der Waals surface area (Å²) in [5, 5.41) is 9.44. The zero-order valence-electron chi connectivity index (χ0n) is 19.7. The molecule has 0 bridgehead atoms. The molecule has 0 unspecified atom stereocenters. The van der Waals surface area contributed by atoms with Gasteiger partial charge in [-0.2, -0.15) is 0 Å². The third-order valence-corrected chi connectivity index (χ3v) is 6.69. The van der Waals surface area contributed by atoms with Gasteiger partial charge in [0, 0.05) is 12.0 Å². The van der Waals surface area contributed by atoms with Crippen LogP contribution in [0, 0.1) is 11.3 Å². The molecule has 2 aromatic carbocycles. The van der Waals surface area contributed by atoms with E-state index in [2.05, 4.69) is 30.1 Å². The number of rotatable bonds is 5. The van der Waals surface area contributed by atoms with Crippen LogP contribution in [-0.4, -0.2) is 27.0 Å². The van der Waals surface area contributed by atoms with Crippen molar-refractivity contribution in [3.8, 4) is 5.75 Å². The normalized spacial score (nSPS) is 21.4. The van der Waals surface area contributed by atoms with Crippen molar-refractivity contribution in [1.29, 1.82) is 0 Å². The highest BCUT2D eigenvalue weighted by Gasteiger charge is 2.35. The molecule has 0 saturated heterocycles. The number of halogens is 3. The van der Waals surface area contributed by atoms with E-state index >= 15 is 0 Å². The summed E-state index contributed by atoms with van der Waals surface area (Å²) in [5.41, 5.74) is 2.60. The second-order valence-electron chi connectivity index (χ2n) is 10.3. The minimum absolute atomic E-state index is 0.150. The van der Waals surface area contributed by atoms with E-state index in [1.54, 1.807) is 24.3 Å². The van der Waals surface area contributed by atoms with Gasteiger partial charge in [-0.25, -0.2) is 9.78 Å². The molecule has 34 heavy (non-hydrogen) atoms. The van der Waals surface area contributed by atoms with Gasteiger partial charge < -0.3 is 14.4 Å². The van der Waals surface area contributed by atoms with Crippen LogP contribution in [-0.2, 0) is 0 Å². The van der Waals surface area contributed by atoms with Gasteiger partial charge in [0.2, 0.25) is 0 Å². The third-order valence-electron chi connectivity index (χ3n) is 6.69. The topological polar surface area (TPSA) is 64.4 Å². The van der Waals surface area contributed by atoms with Gasteiger partial charge in [0.25, 0.3) is 0 Å². The van der Waals surface area contributed by atoms with Crippen LogP contribution in [0.5, 0.6) is 5.75 Å². The Kier molecular flexibility index (Phi) is 6.12. The molecule has 1 aliphatic rings. The Balaban J connectivity index is 1.79. The summed E-state index contributed by atoms with van der Waals surface area (Å²) in [6.45, 7) is 8.74. The van der Waals surface area contributed by atoms with Crippen LogP contribution in [0.3, 0.4) is 0 Å². The molecule has 3 aromatic rings. The van der Waals surface area contributed by atoms with Gasteiger partial charge in [-0.3, -0.25) is 0 Å². The minimum Gasteiger partial charge on any atom is -0.478 e. The van der Waals surface area contributed by atoms with Crippen LogP contribution in [0.25, 0.3) is 11.0 Å². The molecule has 0 radical (unpaired) electrons. The monoisotopic (exact) mass is 474 g/mol. The number of carboxylic acid groups (broad SMARTS) is 1. The number of fused-ring (bicyclic) bond motifs is 1. The lowest BCUT2D eigenvalue weighted by Crippen LogP contribution is -2.30. The van der Waals surface area contributed by atoms with E-state index in [0.29, 0.717) is 11.4 Å². The van der Waals surface area contributed by atoms with Gasteiger partial charge in [-0.1, -0.05) is 39.8 Å². The second-order valence-corrected chi connectivity index (χ2v) is 10.3. The molecule has 1 heterocycles. The zero-order chi connectivity index (χ0) is 24.8. The first kappa shape index (κ1) is 24.1. The Bertz CT molecular complexity index is 1200. The Labute approximate surface area is 196 Å². The summed E-state index contributed by atoms with van der Waals surface area (Å²) in [6.07, 6.45) is -1.67. The van der Waals surface area contributed by atoms with Crippen molar-refractivity contribution in [1.82, 2.24) is 9.55 Å². The molecule has 3 atom stereocenters.